The van der Waals surface area contributed by atoms with Crippen LogP contribution in [0.2, 0.25) is 5.02 Å². The number of carbonyl (C=O) groups is 2. The molecule has 3 atom stereocenters. The molecule has 0 bridgehead atoms. The number of Topliss-reactive ketones (excluding diaryl/α,β-unsaturated/α-hetero) is 2. The smallest absolute Gasteiger partial charge is 0.332 e. The molecule has 2 aromatic carbocycles. The van der Waals surface area contributed by atoms with Gasteiger partial charge in [0, 0.05) is 43.3 Å². The maximum absolute atomic E-state index is 15.1. The Bertz CT molecular complexity index is 2060. The van der Waals surface area contributed by atoms with E-state index in [1.807, 2.05) is 6.92 Å². The average Bonchev–Trinajstić information content (AvgIpc) is 3.38. The first-order valence-corrected chi connectivity index (χ1v) is 15.2. The molecular formula is C34H34ClN3O9. The van der Waals surface area contributed by atoms with Crippen molar-refractivity contribution in [3.05, 3.63) is 90.2 Å². The zero-order valence-corrected chi connectivity index (χ0v) is 27.8. The highest BCUT2D eigenvalue weighted by atomic mass is 35.5. The summed E-state index contributed by atoms with van der Waals surface area (Å²) in [7, 11) is 7.20. The second-order valence-corrected chi connectivity index (χ2v) is 12.4. The van der Waals surface area contributed by atoms with Gasteiger partial charge in [-0.25, -0.2) is 4.79 Å². The number of nitrogens with one attached hydrogen (secondary N) is 1. The summed E-state index contributed by atoms with van der Waals surface area (Å²) < 4.78 is 31.1. The lowest BCUT2D eigenvalue weighted by Gasteiger charge is -2.42. The number of halogens is 1. The Labute approximate surface area is 275 Å². The van der Waals surface area contributed by atoms with Crippen molar-refractivity contribution in [2.45, 2.75) is 31.8 Å². The first-order chi connectivity index (χ1) is 22.3. The highest BCUT2D eigenvalue weighted by Crippen LogP contribution is 2.56. The first kappa shape index (κ1) is 32.0. The Morgan fingerprint density at radius 2 is 1.68 bits per heavy atom. The van der Waals surface area contributed by atoms with E-state index in [0.717, 1.165) is 10.1 Å². The van der Waals surface area contributed by atoms with Crippen LogP contribution in [0.5, 0.6) is 28.7 Å². The summed E-state index contributed by atoms with van der Waals surface area (Å²) in [4.78, 5) is 56.5. The molecule has 2 aliphatic heterocycles. The van der Waals surface area contributed by atoms with Crippen LogP contribution in [0.25, 0.3) is 0 Å². The Hall–Kier alpha value is -4.97. The van der Waals surface area contributed by atoms with Crippen LogP contribution in [0.3, 0.4) is 0 Å². The van der Waals surface area contributed by atoms with Gasteiger partial charge in [-0.15, -0.1) is 0 Å². The van der Waals surface area contributed by atoms with E-state index in [2.05, 4.69) is 11.9 Å². The van der Waals surface area contributed by atoms with Gasteiger partial charge in [-0.1, -0.05) is 31.2 Å². The Morgan fingerprint density at radius 3 is 2.32 bits per heavy atom. The van der Waals surface area contributed by atoms with Crippen molar-refractivity contribution >= 4 is 29.0 Å². The number of aromatic nitrogens is 2. The zero-order chi connectivity index (χ0) is 34.1. The van der Waals surface area contributed by atoms with Gasteiger partial charge in [-0.2, -0.15) is 0 Å². The van der Waals surface area contributed by atoms with E-state index in [9.17, 15) is 14.4 Å². The van der Waals surface area contributed by atoms with Crippen LogP contribution in [0.4, 0.5) is 5.82 Å². The molecule has 0 radical (unpaired) electrons. The molecule has 3 heterocycles. The minimum Gasteiger partial charge on any atom is -0.496 e. The number of carbonyl (C=O) groups excluding carboxylic acids is 2. The molecule has 1 aromatic heterocycles. The van der Waals surface area contributed by atoms with E-state index in [0.29, 0.717) is 22.8 Å². The monoisotopic (exact) mass is 663 g/mol. The summed E-state index contributed by atoms with van der Waals surface area (Å²) in [5.74, 6) is -1.63. The molecular weight excluding hydrogens is 630 g/mol. The van der Waals surface area contributed by atoms with E-state index in [1.54, 1.807) is 32.2 Å². The molecule has 246 valence electrons. The fourth-order valence-electron chi connectivity index (χ4n) is 6.71. The molecule has 1 N–H and O–H groups in total. The van der Waals surface area contributed by atoms with Crippen molar-refractivity contribution in [2.24, 2.45) is 20.0 Å². The normalized spacial score (nSPS) is 21.0. The molecule has 3 aliphatic rings. The number of rotatable bonds is 7. The maximum atomic E-state index is 15.1. The molecule has 1 spiro atoms. The molecule has 3 aromatic rings. The van der Waals surface area contributed by atoms with Gasteiger partial charge >= 0.3 is 5.69 Å². The summed E-state index contributed by atoms with van der Waals surface area (Å²) in [6.07, 6.45) is 0.161. The van der Waals surface area contributed by atoms with Gasteiger partial charge in [0.15, 0.2) is 17.2 Å². The van der Waals surface area contributed by atoms with Crippen molar-refractivity contribution in [1.82, 2.24) is 9.13 Å². The van der Waals surface area contributed by atoms with E-state index in [-0.39, 0.29) is 57.8 Å². The van der Waals surface area contributed by atoms with Crippen LogP contribution in [0.15, 0.2) is 57.3 Å². The van der Waals surface area contributed by atoms with E-state index >= 15 is 4.79 Å². The summed E-state index contributed by atoms with van der Waals surface area (Å²) >= 11 is 6.64. The molecule has 0 saturated heterocycles. The lowest BCUT2D eigenvalue weighted by Crippen LogP contribution is -2.58. The van der Waals surface area contributed by atoms with Gasteiger partial charge in [0.05, 0.1) is 26.9 Å². The van der Waals surface area contributed by atoms with Crippen LogP contribution >= 0.6 is 11.6 Å². The van der Waals surface area contributed by atoms with Crippen molar-refractivity contribution in [1.29, 1.82) is 0 Å². The van der Waals surface area contributed by atoms with Gasteiger partial charge in [-0.3, -0.25) is 23.5 Å². The van der Waals surface area contributed by atoms with E-state index in [4.69, 9.17) is 35.3 Å². The number of fused-ring (bicyclic) bond motifs is 2. The Kier molecular flexibility index (Phi) is 7.74. The third-order valence-electron chi connectivity index (χ3n) is 9.07. The van der Waals surface area contributed by atoms with Crippen LogP contribution in [-0.4, -0.2) is 54.2 Å². The largest absolute Gasteiger partial charge is 0.496 e. The summed E-state index contributed by atoms with van der Waals surface area (Å²) in [5.41, 5.74) is -1.11. The quantitative estimate of drug-likeness (QED) is 0.290. The maximum Gasteiger partial charge on any atom is 0.332 e. The molecule has 13 heteroatoms. The predicted molar refractivity (Wildman–Crippen MR) is 174 cm³/mol. The van der Waals surface area contributed by atoms with E-state index in [1.165, 1.54) is 39.0 Å². The number of hydrogen-bond donors (Lipinski definition) is 1. The van der Waals surface area contributed by atoms with Gasteiger partial charge in [0.1, 0.15) is 34.5 Å². The molecule has 0 unspecified atom stereocenters. The van der Waals surface area contributed by atoms with Crippen LogP contribution in [0, 0.1) is 5.92 Å². The second kappa shape index (κ2) is 11.4. The standard InChI is InChI=1S/C34H34ClN3O9/c1-15(2)14-46-19-10-9-17(12-20(19)43-6)23-24-18(36-31-26(23)32(41)38(5)33(42)37(31)4)11-16(3)34(29(24)39)30(40)25-21(44-7)13-22(45-8)27(35)28(25)47-34/h9-10,12-13,16,23,36H,1,11,14H2,2-8H3/t16-,23-,34+/m1/s1. The van der Waals surface area contributed by atoms with Gasteiger partial charge in [0.25, 0.3) is 5.56 Å². The van der Waals surface area contributed by atoms with Crippen molar-refractivity contribution in [2.75, 3.05) is 33.3 Å². The number of nitrogens with zero attached hydrogens (tertiary/aromatic N) is 2. The number of hydrogen-bond acceptors (Lipinski definition) is 10. The van der Waals surface area contributed by atoms with Gasteiger partial charge in [0.2, 0.25) is 17.2 Å². The summed E-state index contributed by atoms with van der Waals surface area (Å²) in [6.45, 7) is 7.68. The minimum absolute atomic E-state index is 0.0168. The number of benzene rings is 2. The van der Waals surface area contributed by atoms with Crippen LogP contribution < -0.4 is 40.3 Å². The van der Waals surface area contributed by atoms with Crippen LogP contribution in [0.1, 0.15) is 47.7 Å². The Morgan fingerprint density at radius 1 is 1.00 bits per heavy atom. The van der Waals surface area contributed by atoms with Crippen molar-refractivity contribution in [3.63, 3.8) is 0 Å². The fraction of sp³-hybridized carbons (Fsp3) is 0.353. The summed E-state index contributed by atoms with van der Waals surface area (Å²) in [5, 5.41) is 3.23. The molecule has 0 saturated carbocycles. The van der Waals surface area contributed by atoms with Gasteiger partial charge < -0.3 is 29.0 Å². The molecule has 1 aliphatic carbocycles. The number of ketones is 2. The van der Waals surface area contributed by atoms with Crippen molar-refractivity contribution < 1.29 is 33.3 Å². The van der Waals surface area contributed by atoms with E-state index < -0.39 is 40.3 Å². The lowest BCUT2D eigenvalue weighted by atomic mass is 9.66. The second-order valence-electron chi connectivity index (χ2n) is 12.0. The number of ether oxygens (including phenoxy) is 5. The number of methoxy groups -OCH3 is 3. The Balaban J connectivity index is 1.59. The SMILES string of the molecule is C=C(C)COc1ccc([C@@H]2C3=C(C[C@@H](C)[C@]4(Oc5c(Cl)c(OC)cc(OC)c5C4=O)C3=O)Nc3c2c(=O)n(C)c(=O)n3C)cc1OC. The highest BCUT2D eigenvalue weighted by Gasteiger charge is 2.63. The predicted octanol–water partition coefficient (Wildman–Crippen LogP) is 4.15. The molecule has 0 amide bonds. The third kappa shape index (κ3) is 4.49. The molecule has 0 fully saturated rings. The number of allylic oxidation sites excluding steroid dienone is 1. The zero-order valence-electron chi connectivity index (χ0n) is 27.0. The van der Waals surface area contributed by atoms with Crippen LogP contribution in [-0.2, 0) is 18.9 Å². The molecule has 47 heavy (non-hydrogen) atoms. The topological polar surface area (TPSA) is 136 Å². The average molecular weight is 664 g/mol. The fourth-order valence-corrected chi connectivity index (χ4v) is 6.97. The third-order valence-corrected chi connectivity index (χ3v) is 9.43. The summed E-state index contributed by atoms with van der Waals surface area (Å²) in [6, 6.07) is 6.55. The van der Waals surface area contributed by atoms with Gasteiger partial charge in [-0.05, 0) is 36.6 Å². The minimum atomic E-state index is -2.03. The molecule has 12 nitrogen and oxygen atoms in total. The highest BCUT2D eigenvalue weighted by molar-refractivity contribution is 6.36. The van der Waals surface area contributed by atoms with Crippen molar-refractivity contribution in [3.8, 4) is 28.7 Å². The molecule has 6 rings (SSSR count). The number of anilines is 1. The first-order valence-electron chi connectivity index (χ1n) is 14.8. The lowest BCUT2D eigenvalue weighted by molar-refractivity contribution is -0.130.